The summed E-state index contributed by atoms with van der Waals surface area (Å²) in [6, 6.07) is 4.03. The Hall–Kier alpha value is -1.83. The molecular weight excluding hydrogens is 362 g/mol. The third-order valence-corrected chi connectivity index (χ3v) is 4.51. The molecule has 0 aliphatic carbocycles. The number of fused-ring (bicyclic) bond motifs is 1. The number of aromatic nitrogens is 3. The maximum absolute atomic E-state index is 12.0. The van der Waals surface area contributed by atoms with Gasteiger partial charge in [0.25, 0.3) is 0 Å². The maximum Gasteiger partial charge on any atom is 0.410 e. The molecule has 1 amide bonds. The van der Waals surface area contributed by atoms with Crippen LogP contribution in [0.3, 0.4) is 0 Å². The molecule has 0 N–H and O–H groups in total. The van der Waals surface area contributed by atoms with Crippen LogP contribution in [-0.4, -0.2) is 57.9 Å². The van der Waals surface area contributed by atoms with Crippen LogP contribution in [0.5, 0.6) is 0 Å². The third kappa shape index (κ3) is 3.26. The van der Waals surface area contributed by atoms with Gasteiger partial charge in [-0.3, -0.25) is 0 Å². The highest BCUT2D eigenvalue weighted by atomic mass is 79.9. The summed E-state index contributed by atoms with van der Waals surface area (Å²) in [4.78, 5) is 20.1. The van der Waals surface area contributed by atoms with E-state index >= 15 is 0 Å². The molecular formula is C15H20BrN5O2. The molecule has 1 aliphatic heterocycles. The zero-order valence-corrected chi connectivity index (χ0v) is 15.0. The highest BCUT2D eigenvalue weighted by Crippen LogP contribution is 2.22. The number of anilines is 1. The number of hydrogen-bond donors (Lipinski definition) is 0. The molecule has 23 heavy (non-hydrogen) atoms. The van der Waals surface area contributed by atoms with E-state index in [1.165, 1.54) is 0 Å². The summed E-state index contributed by atoms with van der Waals surface area (Å²) in [5.41, 5.74) is 0.800. The van der Waals surface area contributed by atoms with Crippen molar-refractivity contribution in [2.24, 2.45) is 0 Å². The van der Waals surface area contributed by atoms with Gasteiger partial charge in [-0.15, -0.1) is 5.10 Å². The quantitative estimate of drug-likeness (QED) is 0.817. The van der Waals surface area contributed by atoms with Crippen molar-refractivity contribution in [2.45, 2.75) is 32.4 Å². The fourth-order valence-electron chi connectivity index (χ4n) is 2.70. The van der Waals surface area contributed by atoms with Gasteiger partial charge in [0, 0.05) is 20.1 Å². The van der Waals surface area contributed by atoms with Crippen molar-refractivity contribution in [3.63, 3.8) is 0 Å². The fraction of sp³-hybridized carbons (Fsp3) is 0.533. The Kier molecular flexibility index (Phi) is 4.43. The molecule has 2 aromatic rings. The average molecular weight is 382 g/mol. The summed E-state index contributed by atoms with van der Waals surface area (Å²) in [5.74, 6) is 0.879. The zero-order chi connectivity index (χ0) is 16.6. The number of ether oxygens (including phenoxy) is 1. The second-order valence-corrected chi connectivity index (χ2v) is 6.79. The standard InChI is InChI=1S/C15H20BrN5O2/c1-10(2)23-15(22)19(3)11-6-7-20(9-11)14-5-4-13-17-8-12(16)21(13)18-14/h4-5,8,10-11H,6-7,9H2,1-3H3. The topological polar surface area (TPSA) is 63.0 Å². The highest BCUT2D eigenvalue weighted by molar-refractivity contribution is 9.10. The van der Waals surface area contributed by atoms with Gasteiger partial charge >= 0.3 is 6.09 Å². The molecule has 3 heterocycles. The fourth-order valence-corrected chi connectivity index (χ4v) is 3.07. The van der Waals surface area contributed by atoms with Crippen molar-refractivity contribution in [1.82, 2.24) is 19.5 Å². The molecule has 0 radical (unpaired) electrons. The monoisotopic (exact) mass is 381 g/mol. The predicted molar refractivity (Wildman–Crippen MR) is 90.7 cm³/mol. The minimum absolute atomic E-state index is 0.106. The van der Waals surface area contributed by atoms with Gasteiger partial charge in [-0.2, -0.15) is 0 Å². The summed E-state index contributed by atoms with van der Waals surface area (Å²) >= 11 is 3.44. The third-order valence-electron chi connectivity index (χ3n) is 3.97. The molecule has 0 bridgehead atoms. The number of hydrogen-bond acceptors (Lipinski definition) is 5. The SMILES string of the molecule is CC(C)OC(=O)N(C)C1CCN(c2ccc3ncc(Br)n3n2)C1. The first kappa shape index (κ1) is 16.0. The summed E-state index contributed by atoms with van der Waals surface area (Å²) in [6.07, 6.45) is 2.25. The van der Waals surface area contributed by atoms with Crippen LogP contribution in [0, 0.1) is 0 Å². The molecule has 1 aliphatic rings. The first-order valence-electron chi connectivity index (χ1n) is 7.64. The Bertz CT molecular complexity index is 717. The maximum atomic E-state index is 12.0. The second-order valence-electron chi connectivity index (χ2n) is 5.97. The van der Waals surface area contributed by atoms with Crippen molar-refractivity contribution in [3.05, 3.63) is 22.9 Å². The van der Waals surface area contributed by atoms with Crippen LogP contribution < -0.4 is 4.90 Å². The molecule has 7 nitrogen and oxygen atoms in total. The molecule has 8 heteroatoms. The zero-order valence-electron chi connectivity index (χ0n) is 13.4. The van der Waals surface area contributed by atoms with E-state index in [0.29, 0.717) is 0 Å². The summed E-state index contributed by atoms with van der Waals surface area (Å²) in [5, 5.41) is 4.60. The van der Waals surface area contributed by atoms with Gasteiger partial charge in [-0.25, -0.2) is 14.3 Å². The average Bonchev–Trinajstić information content (AvgIpc) is 3.13. The number of amides is 1. The lowest BCUT2D eigenvalue weighted by molar-refractivity contribution is 0.0748. The van der Waals surface area contributed by atoms with Crippen LogP contribution >= 0.6 is 15.9 Å². The number of imidazole rings is 1. The van der Waals surface area contributed by atoms with Gasteiger partial charge in [-0.05, 0) is 48.3 Å². The van der Waals surface area contributed by atoms with Crippen molar-refractivity contribution in [1.29, 1.82) is 0 Å². The Balaban J connectivity index is 1.71. The van der Waals surface area contributed by atoms with Crippen LogP contribution in [-0.2, 0) is 4.74 Å². The van der Waals surface area contributed by atoms with Crippen LogP contribution in [0.2, 0.25) is 0 Å². The molecule has 1 saturated heterocycles. The van der Waals surface area contributed by atoms with Crippen LogP contribution in [0.1, 0.15) is 20.3 Å². The highest BCUT2D eigenvalue weighted by Gasteiger charge is 2.30. The van der Waals surface area contributed by atoms with Gasteiger partial charge in [0.05, 0.1) is 18.3 Å². The van der Waals surface area contributed by atoms with Crippen LogP contribution in [0.25, 0.3) is 5.65 Å². The second kappa shape index (κ2) is 6.35. The molecule has 3 rings (SSSR count). The first-order valence-corrected chi connectivity index (χ1v) is 8.43. The normalized spacial score (nSPS) is 18.0. The number of carbonyl (C=O) groups is 1. The molecule has 1 fully saturated rings. The molecule has 2 aromatic heterocycles. The van der Waals surface area contributed by atoms with E-state index in [0.717, 1.165) is 35.6 Å². The van der Waals surface area contributed by atoms with Crippen molar-refractivity contribution >= 4 is 33.5 Å². The van der Waals surface area contributed by atoms with E-state index < -0.39 is 0 Å². The van der Waals surface area contributed by atoms with E-state index in [4.69, 9.17) is 4.74 Å². The van der Waals surface area contributed by atoms with Crippen molar-refractivity contribution in [3.8, 4) is 0 Å². The van der Waals surface area contributed by atoms with Crippen molar-refractivity contribution < 1.29 is 9.53 Å². The smallest absolute Gasteiger partial charge is 0.410 e. The number of likely N-dealkylation sites (N-methyl/N-ethyl adjacent to an activating group) is 1. The van der Waals surface area contributed by atoms with E-state index in [1.54, 1.807) is 22.7 Å². The van der Waals surface area contributed by atoms with E-state index in [-0.39, 0.29) is 18.2 Å². The summed E-state index contributed by atoms with van der Waals surface area (Å²) < 4.78 is 7.85. The van der Waals surface area contributed by atoms with E-state index in [2.05, 4.69) is 30.9 Å². The lowest BCUT2D eigenvalue weighted by Crippen LogP contribution is -2.40. The molecule has 0 saturated carbocycles. The number of carbonyl (C=O) groups excluding carboxylic acids is 1. The predicted octanol–water partition coefficient (Wildman–Crippen LogP) is 2.55. The molecule has 0 aromatic carbocycles. The lowest BCUT2D eigenvalue weighted by atomic mass is 10.2. The molecule has 1 unspecified atom stereocenters. The molecule has 1 atom stereocenters. The summed E-state index contributed by atoms with van der Waals surface area (Å²) in [7, 11) is 1.79. The van der Waals surface area contributed by atoms with Crippen LogP contribution in [0.4, 0.5) is 10.6 Å². The van der Waals surface area contributed by atoms with E-state index in [9.17, 15) is 4.79 Å². The van der Waals surface area contributed by atoms with E-state index in [1.807, 2.05) is 26.0 Å². The van der Waals surface area contributed by atoms with Crippen LogP contribution in [0.15, 0.2) is 22.9 Å². The number of halogens is 1. The van der Waals surface area contributed by atoms with Crippen molar-refractivity contribution in [2.75, 3.05) is 25.0 Å². The minimum atomic E-state index is -0.271. The summed E-state index contributed by atoms with van der Waals surface area (Å²) in [6.45, 7) is 5.31. The lowest BCUT2D eigenvalue weighted by Gasteiger charge is -2.25. The number of nitrogens with zero attached hydrogens (tertiary/aromatic N) is 5. The van der Waals surface area contributed by atoms with Gasteiger partial charge in [0.1, 0.15) is 10.4 Å². The first-order chi connectivity index (χ1) is 11.0. The molecule has 124 valence electrons. The van der Waals surface area contributed by atoms with Gasteiger partial charge < -0.3 is 14.5 Å². The Labute approximate surface area is 143 Å². The molecule has 0 spiro atoms. The Morgan fingerprint density at radius 2 is 2.26 bits per heavy atom. The van der Waals surface area contributed by atoms with Gasteiger partial charge in [0.2, 0.25) is 0 Å². The number of rotatable bonds is 3. The Morgan fingerprint density at radius 1 is 1.48 bits per heavy atom. The van der Waals surface area contributed by atoms with Gasteiger partial charge in [-0.1, -0.05) is 0 Å². The Morgan fingerprint density at radius 3 is 3.00 bits per heavy atom. The minimum Gasteiger partial charge on any atom is -0.447 e. The van der Waals surface area contributed by atoms with Gasteiger partial charge in [0.15, 0.2) is 5.65 Å². The largest absolute Gasteiger partial charge is 0.447 e.